The fraction of sp³-hybridized carbons (Fsp3) is 0.400. The van der Waals surface area contributed by atoms with Gasteiger partial charge in [-0.3, -0.25) is 19.9 Å². The monoisotopic (exact) mass is 307 g/mol. The average Bonchev–Trinajstić information content (AvgIpc) is 2.30. The molecule has 0 saturated carbocycles. The molecule has 0 aliphatic carbocycles. The van der Waals surface area contributed by atoms with E-state index >= 15 is 0 Å². The second-order valence-electron chi connectivity index (χ2n) is 3.66. The highest BCUT2D eigenvalue weighted by atomic mass is 31.2. The summed E-state index contributed by atoms with van der Waals surface area (Å²) in [6.07, 6.45) is 0. The molecule has 10 heteroatoms. The van der Waals surface area contributed by atoms with Crippen LogP contribution in [0.3, 0.4) is 0 Å². The van der Waals surface area contributed by atoms with Crippen molar-refractivity contribution in [1.29, 1.82) is 0 Å². The average molecular weight is 307 g/mol. The van der Waals surface area contributed by atoms with Crippen LogP contribution < -0.4 is 15.6 Å². The van der Waals surface area contributed by atoms with E-state index in [-0.39, 0.29) is 23.3 Å². The Hall–Kier alpha value is -1.67. The second kappa shape index (κ2) is 7.20. The molecule has 0 radical (unpaired) electrons. The first kappa shape index (κ1) is 18.3. The fourth-order valence-electron chi connectivity index (χ4n) is 1.64. The number of phosphoric ester groups is 1. The molecule has 0 heterocycles. The Labute approximate surface area is 116 Å². The predicted molar refractivity (Wildman–Crippen MR) is 74.4 cm³/mol. The van der Waals surface area contributed by atoms with Crippen LogP contribution in [0, 0.1) is 10.1 Å². The molecule has 0 aliphatic heterocycles. The fourth-order valence-corrected chi connectivity index (χ4v) is 2.05. The molecule has 0 aromatic heterocycles. The van der Waals surface area contributed by atoms with E-state index in [0.717, 1.165) is 6.07 Å². The summed E-state index contributed by atoms with van der Waals surface area (Å²) in [4.78, 5) is 29.5. The van der Waals surface area contributed by atoms with Crippen molar-refractivity contribution in [2.45, 2.75) is 13.8 Å². The van der Waals surface area contributed by atoms with Gasteiger partial charge < -0.3 is 15.6 Å². The van der Waals surface area contributed by atoms with Gasteiger partial charge in [-0.05, 0) is 19.9 Å². The molecule has 0 aliphatic rings. The maximum Gasteiger partial charge on any atom is 0.524 e. The molecule has 0 atom stereocenters. The van der Waals surface area contributed by atoms with Crippen LogP contribution in [-0.4, -0.2) is 27.8 Å². The van der Waals surface area contributed by atoms with Crippen molar-refractivity contribution in [3.63, 3.8) is 0 Å². The van der Waals surface area contributed by atoms with Crippen LogP contribution in [0.1, 0.15) is 13.8 Å². The van der Waals surface area contributed by atoms with Gasteiger partial charge in [0.2, 0.25) is 0 Å². The highest BCUT2D eigenvalue weighted by Crippen LogP contribution is 2.43. The third-order valence-corrected chi connectivity index (χ3v) is 2.91. The van der Waals surface area contributed by atoms with Crippen molar-refractivity contribution in [2.24, 2.45) is 0 Å². The molecular weight excluding hydrogens is 289 g/mol. The first-order valence-electron chi connectivity index (χ1n) is 5.57. The van der Waals surface area contributed by atoms with Crippen LogP contribution in [0.5, 0.6) is 5.75 Å². The van der Waals surface area contributed by atoms with Crippen LogP contribution >= 0.6 is 7.82 Å². The first-order chi connectivity index (χ1) is 8.78. The molecule has 0 saturated heterocycles. The molecule has 0 bridgehead atoms. The van der Waals surface area contributed by atoms with E-state index in [2.05, 4.69) is 4.52 Å². The summed E-state index contributed by atoms with van der Waals surface area (Å²) in [5, 5.41) is 10.7. The molecule has 0 unspecified atom stereocenters. The zero-order chi connectivity index (χ0) is 14.6. The minimum absolute atomic E-state index is 0. The minimum Gasteiger partial charge on any atom is -0.402 e. The molecule has 1 aromatic rings. The second-order valence-corrected chi connectivity index (χ2v) is 4.83. The molecule has 0 fully saturated rings. The summed E-state index contributed by atoms with van der Waals surface area (Å²) in [5.74, 6) is -0.0809. The van der Waals surface area contributed by atoms with Gasteiger partial charge in [0.25, 0.3) is 5.69 Å². The quantitative estimate of drug-likeness (QED) is 0.411. The van der Waals surface area contributed by atoms with Crippen LogP contribution in [-0.2, 0) is 4.57 Å². The minimum atomic E-state index is -4.71. The molecule has 5 N–H and O–H groups in total. The zero-order valence-electron chi connectivity index (χ0n) is 11.2. The van der Waals surface area contributed by atoms with Gasteiger partial charge in [-0.2, -0.15) is 0 Å². The van der Waals surface area contributed by atoms with Crippen LogP contribution in [0.2, 0.25) is 0 Å². The Balaban J connectivity index is 0.00000361. The van der Waals surface area contributed by atoms with Crippen molar-refractivity contribution in [3.05, 3.63) is 28.3 Å². The van der Waals surface area contributed by atoms with Gasteiger partial charge in [0.1, 0.15) is 0 Å². The summed E-state index contributed by atoms with van der Waals surface area (Å²) in [6.45, 7) is 4.69. The lowest BCUT2D eigenvalue weighted by atomic mass is 10.2. The largest absolute Gasteiger partial charge is 0.524 e. The summed E-state index contributed by atoms with van der Waals surface area (Å²) in [5.41, 5.74) is 0.113. The van der Waals surface area contributed by atoms with E-state index in [9.17, 15) is 14.7 Å². The molecule has 9 nitrogen and oxygen atoms in total. The van der Waals surface area contributed by atoms with Gasteiger partial charge >= 0.3 is 7.82 Å². The van der Waals surface area contributed by atoms with Crippen LogP contribution in [0.25, 0.3) is 0 Å². The van der Waals surface area contributed by atoms with E-state index in [1.807, 2.05) is 13.8 Å². The van der Waals surface area contributed by atoms with Crippen LogP contribution in [0.4, 0.5) is 11.4 Å². The van der Waals surface area contributed by atoms with E-state index < -0.39 is 12.7 Å². The van der Waals surface area contributed by atoms with Crippen molar-refractivity contribution in [2.75, 3.05) is 18.0 Å². The van der Waals surface area contributed by atoms with Gasteiger partial charge in [-0.1, -0.05) is 0 Å². The third kappa shape index (κ3) is 4.78. The number of nitro benzene ring substituents is 1. The van der Waals surface area contributed by atoms with Gasteiger partial charge in [-0.15, -0.1) is 0 Å². The number of hydrogen-bond acceptors (Lipinski definition) is 6. The smallest absolute Gasteiger partial charge is 0.402 e. The maximum atomic E-state index is 10.9. The Morgan fingerprint density at radius 2 is 1.90 bits per heavy atom. The van der Waals surface area contributed by atoms with E-state index in [4.69, 9.17) is 9.79 Å². The van der Waals surface area contributed by atoms with Crippen molar-refractivity contribution >= 4 is 19.2 Å². The number of nitrogens with zero attached hydrogens (tertiary/aromatic N) is 2. The lowest BCUT2D eigenvalue weighted by Gasteiger charge is -2.23. The summed E-state index contributed by atoms with van der Waals surface area (Å²) < 4.78 is 15.4. The number of hydrogen-bond donors (Lipinski definition) is 3. The van der Waals surface area contributed by atoms with Crippen molar-refractivity contribution in [3.8, 4) is 5.75 Å². The number of rotatable bonds is 6. The Morgan fingerprint density at radius 3 is 2.30 bits per heavy atom. The van der Waals surface area contributed by atoms with Crippen molar-refractivity contribution < 1.29 is 23.8 Å². The molecular formula is C10H18N3O6P. The summed E-state index contributed by atoms with van der Waals surface area (Å²) in [7, 11) is -4.71. The van der Waals surface area contributed by atoms with E-state index in [1.165, 1.54) is 12.1 Å². The first-order valence-corrected chi connectivity index (χ1v) is 7.10. The van der Waals surface area contributed by atoms with Gasteiger partial charge in [0.15, 0.2) is 5.75 Å². The highest BCUT2D eigenvalue weighted by Gasteiger charge is 2.22. The normalized spacial score (nSPS) is 10.6. The summed E-state index contributed by atoms with van der Waals surface area (Å²) >= 11 is 0. The molecule has 0 spiro atoms. The van der Waals surface area contributed by atoms with E-state index in [1.54, 1.807) is 4.90 Å². The molecule has 0 amide bonds. The lowest BCUT2D eigenvalue weighted by molar-refractivity contribution is -0.384. The molecule has 20 heavy (non-hydrogen) atoms. The molecule has 114 valence electrons. The number of nitro groups is 1. The third-order valence-electron chi connectivity index (χ3n) is 2.47. The number of non-ortho nitro benzene ring substituents is 1. The SMILES string of the molecule is CCN(CC)c1cc([N+](=O)[O-])ccc1OP(=O)(O)O.N. The standard InChI is InChI=1S/C10H15N2O6P.H3N/c1-3-11(4-2)9-7-8(12(13)14)5-6-10(9)18-19(15,16)17;/h5-7H,3-4H2,1-2H3,(H2,15,16,17);1H3. The van der Waals surface area contributed by atoms with Crippen LogP contribution in [0.15, 0.2) is 18.2 Å². The Kier molecular flexibility index (Phi) is 6.60. The Bertz CT molecular complexity index is 514. The van der Waals surface area contributed by atoms with Gasteiger partial charge in [0, 0.05) is 25.2 Å². The van der Waals surface area contributed by atoms with Gasteiger partial charge in [0.05, 0.1) is 10.6 Å². The predicted octanol–water partition coefficient (Wildman–Crippen LogP) is 2.07. The maximum absolute atomic E-state index is 10.9. The topological polar surface area (TPSA) is 148 Å². The Morgan fingerprint density at radius 1 is 1.35 bits per heavy atom. The van der Waals surface area contributed by atoms with Gasteiger partial charge in [-0.25, -0.2) is 4.57 Å². The molecule has 1 aromatic carbocycles. The van der Waals surface area contributed by atoms with Crippen molar-refractivity contribution in [1.82, 2.24) is 6.15 Å². The zero-order valence-corrected chi connectivity index (χ0v) is 12.1. The number of anilines is 1. The molecule has 1 rings (SSSR count). The highest BCUT2D eigenvalue weighted by molar-refractivity contribution is 7.46. The number of benzene rings is 1. The lowest BCUT2D eigenvalue weighted by Crippen LogP contribution is -2.22. The summed E-state index contributed by atoms with van der Waals surface area (Å²) in [6, 6.07) is 3.56. The number of phosphoric acid groups is 1. The van der Waals surface area contributed by atoms with E-state index in [0.29, 0.717) is 13.1 Å².